The second kappa shape index (κ2) is 2.31. The molecule has 0 aromatic carbocycles. The van der Waals surface area contributed by atoms with Crippen LogP contribution >= 0.6 is 11.8 Å². The molecule has 1 unspecified atom stereocenters. The van der Waals surface area contributed by atoms with Crippen molar-refractivity contribution in [2.75, 3.05) is 12.3 Å². The second-order valence-electron chi connectivity index (χ2n) is 2.51. The molecule has 2 rings (SSSR count). The van der Waals surface area contributed by atoms with Crippen molar-refractivity contribution in [3.8, 4) is 0 Å². The highest BCUT2D eigenvalue weighted by Gasteiger charge is 2.35. The molecular formula is C7H9NOS. The number of rotatable bonds is 0. The number of thioether (sulfide) groups is 1. The first-order valence-corrected chi connectivity index (χ1v) is 4.49. The molecule has 1 atom stereocenters. The Morgan fingerprint density at radius 1 is 1.60 bits per heavy atom. The van der Waals surface area contributed by atoms with Crippen LogP contribution in [-0.4, -0.2) is 28.5 Å². The maximum atomic E-state index is 10.9. The summed E-state index contributed by atoms with van der Waals surface area (Å²) in [5.41, 5.74) is 0. The van der Waals surface area contributed by atoms with Gasteiger partial charge in [-0.1, -0.05) is 12.2 Å². The zero-order valence-corrected chi connectivity index (χ0v) is 6.43. The first-order valence-electron chi connectivity index (χ1n) is 3.44. The number of hydrogen-bond acceptors (Lipinski definition) is 2. The number of fused-ring (bicyclic) bond motifs is 1. The fourth-order valence-corrected chi connectivity index (χ4v) is 2.33. The Bertz CT molecular complexity index is 190. The summed E-state index contributed by atoms with van der Waals surface area (Å²) in [6.45, 7) is 0.830. The lowest BCUT2D eigenvalue weighted by Crippen LogP contribution is -2.50. The second-order valence-corrected chi connectivity index (χ2v) is 3.72. The molecule has 0 saturated carbocycles. The Hall–Kier alpha value is -0.440. The van der Waals surface area contributed by atoms with Crippen LogP contribution in [0.25, 0.3) is 0 Å². The van der Waals surface area contributed by atoms with Gasteiger partial charge in [-0.25, -0.2) is 0 Å². The van der Waals surface area contributed by atoms with Gasteiger partial charge in [0.15, 0.2) is 0 Å². The summed E-state index contributed by atoms with van der Waals surface area (Å²) in [5, 5.41) is 0.488. The number of amides is 1. The molecule has 0 bridgehead atoms. The van der Waals surface area contributed by atoms with Crippen LogP contribution in [0.1, 0.15) is 6.42 Å². The van der Waals surface area contributed by atoms with Gasteiger partial charge in [0.2, 0.25) is 5.91 Å². The lowest BCUT2D eigenvalue weighted by atomic mass is 10.2. The molecule has 0 aliphatic carbocycles. The first-order chi connectivity index (χ1) is 4.88. The predicted octanol–water partition coefficient (Wildman–Crippen LogP) is 0.848. The van der Waals surface area contributed by atoms with E-state index in [2.05, 4.69) is 12.2 Å². The van der Waals surface area contributed by atoms with Crippen LogP contribution in [0.5, 0.6) is 0 Å². The third-order valence-electron chi connectivity index (χ3n) is 1.87. The molecule has 54 valence electrons. The summed E-state index contributed by atoms with van der Waals surface area (Å²) in [5.74, 6) is 1.37. The molecule has 10 heavy (non-hydrogen) atoms. The molecule has 1 fully saturated rings. The molecule has 2 nitrogen and oxygen atoms in total. The van der Waals surface area contributed by atoms with Gasteiger partial charge in [-0.05, 0) is 0 Å². The molecule has 0 radical (unpaired) electrons. The number of nitrogens with zero attached hydrogens (tertiary/aromatic N) is 1. The Labute approximate surface area is 64.3 Å². The average molecular weight is 155 g/mol. The van der Waals surface area contributed by atoms with Crippen molar-refractivity contribution >= 4 is 17.7 Å². The number of β-lactam (4-membered cyclic amide) rings is 1. The maximum Gasteiger partial charge on any atom is 0.226 e. The van der Waals surface area contributed by atoms with Crippen LogP contribution in [-0.2, 0) is 4.79 Å². The number of carbonyl (C=O) groups is 1. The zero-order chi connectivity index (χ0) is 6.97. The van der Waals surface area contributed by atoms with Gasteiger partial charge in [0, 0.05) is 12.3 Å². The summed E-state index contributed by atoms with van der Waals surface area (Å²) in [7, 11) is 0. The van der Waals surface area contributed by atoms with Gasteiger partial charge in [-0.3, -0.25) is 4.79 Å². The molecular weight excluding hydrogens is 146 g/mol. The summed E-state index contributed by atoms with van der Waals surface area (Å²) >= 11 is 1.86. The lowest BCUT2D eigenvalue weighted by molar-refractivity contribution is -0.140. The van der Waals surface area contributed by atoms with Crippen LogP contribution in [0.15, 0.2) is 12.2 Å². The van der Waals surface area contributed by atoms with Crippen LogP contribution in [0.3, 0.4) is 0 Å². The molecule has 3 heteroatoms. The van der Waals surface area contributed by atoms with Crippen molar-refractivity contribution in [2.24, 2.45) is 0 Å². The van der Waals surface area contributed by atoms with E-state index in [0.717, 1.165) is 18.7 Å². The minimum Gasteiger partial charge on any atom is -0.326 e. The fourth-order valence-electron chi connectivity index (χ4n) is 1.22. The standard InChI is InChI=1S/C7H9NOS/c9-6-5-7-8(6)3-1-2-4-10-7/h1-2,7H,3-5H2. The van der Waals surface area contributed by atoms with Gasteiger partial charge < -0.3 is 4.90 Å². The molecule has 1 amide bonds. The number of hydrogen-bond donors (Lipinski definition) is 0. The van der Waals surface area contributed by atoms with E-state index in [1.807, 2.05) is 16.7 Å². The van der Waals surface area contributed by atoms with Crippen molar-refractivity contribution in [1.82, 2.24) is 4.90 Å². The molecule has 2 aliphatic rings. The van der Waals surface area contributed by atoms with E-state index in [1.165, 1.54) is 0 Å². The summed E-state index contributed by atoms with van der Waals surface area (Å²) in [6.07, 6.45) is 4.96. The van der Waals surface area contributed by atoms with Crippen molar-refractivity contribution in [3.63, 3.8) is 0 Å². The Kier molecular flexibility index (Phi) is 1.45. The molecule has 0 aromatic heterocycles. The van der Waals surface area contributed by atoms with Crippen LogP contribution in [0.2, 0.25) is 0 Å². The van der Waals surface area contributed by atoms with Crippen molar-refractivity contribution in [2.45, 2.75) is 11.8 Å². The smallest absolute Gasteiger partial charge is 0.226 e. The van der Waals surface area contributed by atoms with Crippen molar-refractivity contribution in [3.05, 3.63) is 12.2 Å². The highest BCUT2D eigenvalue weighted by molar-refractivity contribution is 8.00. The third kappa shape index (κ3) is 0.850. The molecule has 2 aliphatic heterocycles. The molecule has 0 N–H and O–H groups in total. The summed E-state index contributed by atoms with van der Waals surface area (Å²) in [4.78, 5) is 12.8. The highest BCUT2D eigenvalue weighted by Crippen LogP contribution is 2.30. The van der Waals surface area contributed by atoms with Gasteiger partial charge in [0.05, 0.1) is 11.8 Å². The van der Waals surface area contributed by atoms with Crippen molar-refractivity contribution < 1.29 is 4.79 Å². The minimum atomic E-state index is 0.309. The van der Waals surface area contributed by atoms with E-state index in [0.29, 0.717) is 11.3 Å². The topological polar surface area (TPSA) is 20.3 Å². The van der Waals surface area contributed by atoms with E-state index in [1.54, 1.807) is 0 Å². The SMILES string of the molecule is O=C1CC2SCC=CCN12. The zero-order valence-electron chi connectivity index (χ0n) is 5.62. The van der Waals surface area contributed by atoms with E-state index in [9.17, 15) is 4.79 Å². The quantitative estimate of drug-likeness (QED) is 0.382. The van der Waals surface area contributed by atoms with Gasteiger partial charge in [-0.2, -0.15) is 0 Å². The molecule has 1 saturated heterocycles. The molecule has 2 heterocycles. The Morgan fingerprint density at radius 2 is 2.50 bits per heavy atom. The van der Waals surface area contributed by atoms with Crippen LogP contribution < -0.4 is 0 Å². The summed E-state index contributed by atoms with van der Waals surface area (Å²) < 4.78 is 0. The van der Waals surface area contributed by atoms with Gasteiger partial charge >= 0.3 is 0 Å². The first kappa shape index (κ1) is 6.28. The normalized spacial score (nSPS) is 31.0. The molecule has 0 spiro atoms. The highest BCUT2D eigenvalue weighted by atomic mass is 32.2. The Balaban J connectivity index is 2.06. The Morgan fingerprint density at radius 3 is 3.30 bits per heavy atom. The number of carbonyl (C=O) groups excluding carboxylic acids is 1. The predicted molar refractivity (Wildman–Crippen MR) is 41.7 cm³/mol. The van der Waals surface area contributed by atoms with Crippen LogP contribution in [0, 0.1) is 0 Å². The molecule has 0 aromatic rings. The van der Waals surface area contributed by atoms with Gasteiger partial charge in [0.25, 0.3) is 0 Å². The van der Waals surface area contributed by atoms with E-state index < -0.39 is 0 Å². The van der Waals surface area contributed by atoms with E-state index >= 15 is 0 Å². The third-order valence-corrected chi connectivity index (χ3v) is 3.06. The minimum absolute atomic E-state index is 0.309. The fraction of sp³-hybridized carbons (Fsp3) is 0.571. The maximum absolute atomic E-state index is 10.9. The van der Waals surface area contributed by atoms with Crippen molar-refractivity contribution in [1.29, 1.82) is 0 Å². The van der Waals surface area contributed by atoms with E-state index in [-0.39, 0.29) is 0 Å². The van der Waals surface area contributed by atoms with E-state index in [4.69, 9.17) is 0 Å². The largest absolute Gasteiger partial charge is 0.326 e. The summed E-state index contributed by atoms with van der Waals surface area (Å²) in [6, 6.07) is 0. The van der Waals surface area contributed by atoms with Gasteiger partial charge in [0.1, 0.15) is 0 Å². The van der Waals surface area contributed by atoms with Gasteiger partial charge in [-0.15, -0.1) is 11.8 Å². The van der Waals surface area contributed by atoms with Crippen LogP contribution in [0.4, 0.5) is 0 Å². The average Bonchev–Trinajstić information content (AvgIpc) is 2.09. The lowest BCUT2D eigenvalue weighted by Gasteiger charge is -2.38. The monoisotopic (exact) mass is 155 g/mol.